The van der Waals surface area contributed by atoms with E-state index in [-0.39, 0.29) is 23.9 Å². The average Bonchev–Trinajstić information content (AvgIpc) is 2.75. The molecule has 1 heterocycles. The van der Waals surface area contributed by atoms with E-state index in [2.05, 4.69) is 10.6 Å². The van der Waals surface area contributed by atoms with Crippen LogP contribution in [0, 0.1) is 11.3 Å². The molecule has 1 rings (SSSR count). The summed E-state index contributed by atoms with van der Waals surface area (Å²) in [5.74, 6) is -0.537. The average molecular weight is 286 g/mol. The lowest BCUT2D eigenvalue weighted by molar-refractivity contribution is -0.137. The molecule has 0 aliphatic carbocycles. The Hall–Kier alpha value is -1.30. The zero-order chi connectivity index (χ0) is 15.2. The Labute approximate surface area is 120 Å². The smallest absolute Gasteiger partial charge is 0.315 e. The quantitative estimate of drug-likeness (QED) is 0.692. The van der Waals surface area contributed by atoms with Crippen LogP contribution in [-0.4, -0.2) is 42.9 Å². The number of carboxylic acid groups (broad SMARTS) is 1. The normalized spacial score (nSPS) is 20.4. The van der Waals surface area contributed by atoms with Gasteiger partial charge in [0.1, 0.15) is 0 Å². The van der Waals surface area contributed by atoms with Crippen LogP contribution in [0.3, 0.4) is 0 Å². The third kappa shape index (κ3) is 7.33. The number of carbonyl (C=O) groups excluding carboxylic acids is 1. The van der Waals surface area contributed by atoms with Crippen molar-refractivity contribution in [3.63, 3.8) is 0 Å². The van der Waals surface area contributed by atoms with Gasteiger partial charge in [0.2, 0.25) is 0 Å². The summed E-state index contributed by atoms with van der Waals surface area (Å²) in [6.07, 6.45) is 1.53. The Morgan fingerprint density at radius 1 is 1.40 bits per heavy atom. The van der Waals surface area contributed by atoms with E-state index in [1.165, 1.54) is 0 Å². The van der Waals surface area contributed by atoms with Crippen LogP contribution in [0.5, 0.6) is 0 Å². The number of urea groups is 1. The van der Waals surface area contributed by atoms with Crippen molar-refractivity contribution in [3.8, 4) is 0 Å². The zero-order valence-electron chi connectivity index (χ0n) is 12.6. The summed E-state index contributed by atoms with van der Waals surface area (Å²) < 4.78 is 5.24. The monoisotopic (exact) mass is 286 g/mol. The fourth-order valence-corrected chi connectivity index (χ4v) is 2.34. The second-order valence-electron chi connectivity index (χ2n) is 6.64. The third-order valence-corrected chi connectivity index (χ3v) is 3.19. The summed E-state index contributed by atoms with van der Waals surface area (Å²) >= 11 is 0. The molecular weight excluding hydrogens is 260 g/mol. The van der Waals surface area contributed by atoms with Crippen molar-refractivity contribution in [3.05, 3.63) is 0 Å². The van der Waals surface area contributed by atoms with Crippen molar-refractivity contribution >= 4 is 12.0 Å². The molecule has 0 aromatic rings. The summed E-state index contributed by atoms with van der Waals surface area (Å²) in [6, 6.07) is -0.653. The number of rotatable bonds is 6. The SMILES string of the molecule is CC(C)(C)CC(CC(=O)O)NC(=O)NCC1CCOC1. The predicted octanol–water partition coefficient (Wildman–Crippen LogP) is 1.60. The van der Waals surface area contributed by atoms with Gasteiger partial charge in [0.05, 0.1) is 13.0 Å². The first-order valence-electron chi connectivity index (χ1n) is 7.10. The number of carbonyl (C=O) groups is 2. The molecule has 0 saturated carbocycles. The highest BCUT2D eigenvalue weighted by molar-refractivity contribution is 5.75. The van der Waals surface area contributed by atoms with Crippen molar-refractivity contribution < 1.29 is 19.4 Å². The van der Waals surface area contributed by atoms with Crippen molar-refractivity contribution in [2.24, 2.45) is 11.3 Å². The number of carboxylic acids is 1. The van der Waals surface area contributed by atoms with Crippen LogP contribution in [0.25, 0.3) is 0 Å². The van der Waals surface area contributed by atoms with Gasteiger partial charge in [-0.2, -0.15) is 0 Å². The molecule has 6 nitrogen and oxygen atoms in total. The van der Waals surface area contributed by atoms with Crippen LogP contribution in [0.4, 0.5) is 4.79 Å². The summed E-state index contributed by atoms with van der Waals surface area (Å²) in [6.45, 7) is 8.08. The van der Waals surface area contributed by atoms with Gasteiger partial charge in [-0.1, -0.05) is 20.8 Å². The Morgan fingerprint density at radius 3 is 2.60 bits per heavy atom. The van der Waals surface area contributed by atoms with Gasteiger partial charge >= 0.3 is 12.0 Å². The van der Waals surface area contributed by atoms with E-state index in [1.807, 2.05) is 20.8 Å². The van der Waals surface area contributed by atoms with E-state index in [0.717, 1.165) is 13.0 Å². The van der Waals surface area contributed by atoms with Crippen LogP contribution in [0.1, 0.15) is 40.0 Å². The molecule has 20 heavy (non-hydrogen) atoms. The zero-order valence-corrected chi connectivity index (χ0v) is 12.6. The second kappa shape index (κ2) is 7.47. The molecule has 0 radical (unpaired) electrons. The number of hydrogen-bond donors (Lipinski definition) is 3. The first kappa shape index (κ1) is 16.8. The van der Waals surface area contributed by atoms with Crippen molar-refractivity contribution in [2.45, 2.75) is 46.1 Å². The Balaban J connectivity index is 2.37. The molecule has 3 N–H and O–H groups in total. The first-order chi connectivity index (χ1) is 9.26. The van der Waals surface area contributed by atoms with E-state index in [0.29, 0.717) is 25.5 Å². The van der Waals surface area contributed by atoms with Crippen LogP contribution in [-0.2, 0) is 9.53 Å². The molecule has 1 saturated heterocycles. The molecule has 2 atom stereocenters. The third-order valence-electron chi connectivity index (χ3n) is 3.19. The lowest BCUT2D eigenvalue weighted by atomic mass is 9.87. The highest BCUT2D eigenvalue weighted by atomic mass is 16.5. The van der Waals surface area contributed by atoms with Crippen LogP contribution < -0.4 is 10.6 Å². The van der Waals surface area contributed by atoms with Gasteiger partial charge in [0.25, 0.3) is 0 Å². The maximum Gasteiger partial charge on any atom is 0.315 e. The molecule has 116 valence electrons. The molecule has 0 bridgehead atoms. The van der Waals surface area contributed by atoms with Crippen molar-refractivity contribution in [1.82, 2.24) is 10.6 Å². The van der Waals surface area contributed by atoms with Gasteiger partial charge in [-0.25, -0.2) is 4.79 Å². The second-order valence-corrected chi connectivity index (χ2v) is 6.64. The molecule has 0 aromatic carbocycles. The summed E-state index contributed by atoms with van der Waals surface area (Å²) in [7, 11) is 0. The van der Waals surface area contributed by atoms with Gasteiger partial charge in [0.15, 0.2) is 0 Å². The number of nitrogens with one attached hydrogen (secondary N) is 2. The molecule has 0 aromatic heterocycles. The molecule has 1 aliphatic rings. The van der Waals surface area contributed by atoms with E-state index in [1.54, 1.807) is 0 Å². The predicted molar refractivity (Wildman–Crippen MR) is 75.6 cm³/mol. The van der Waals surface area contributed by atoms with E-state index >= 15 is 0 Å². The van der Waals surface area contributed by atoms with Crippen LogP contribution >= 0.6 is 0 Å². The number of amides is 2. The molecule has 1 fully saturated rings. The largest absolute Gasteiger partial charge is 0.481 e. The maximum atomic E-state index is 11.8. The highest BCUT2D eigenvalue weighted by Gasteiger charge is 2.23. The van der Waals surface area contributed by atoms with Crippen LogP contribution in [0.15, 0.2) is 0 Å². The van der Waals surface area contributed by atoms with Gasteiger partial charge in [-0.05, 0) is 18.3 Å². The number of ether oxygens (including phenoxy) is 1. The minimum absolute atomic E-state index is 0.0350. The fraction of sp³-hybridized carbons (Fsp3) is 0.857. The minimum Gasteiger partial charge on any atom is -0.481 e. The van der Waals surface area contributed by atoms with Gasteiger partial charge < -0.3 is 20.5 Å². The van der Waals surface area contributed by atoms with Gasteiger partial charge in [-0.15, -0.1) is 0 Å². The topological polar surface area (TPSA) is 87.7 Å². The Morgan fingerprint density at radius 2 is 2.10 bits per heavy atom. The number of hydrogen-bond acceptors (Lipinski definition) is 3. The highest BCUT2D eigenvalue weighted by Crippen LogP contribution is 2.22. The number of aliphatic carboxylic acids is 1. The van der Waals surface area contributed by atoms with Crippen LogP contribution in [0.2, 0.25) is 0 Å². The molecule has 2 amide bonds. The Kier molecular flexibility index (Phi) is 6.26. The molecular formula is C14H26N2O4. The Bertz CT molecular complexity index is 333. The van der Waals surface area contributed by atoms with E-state index in [4.69, 9.17) is 9.84 Å². The van der Waals surface area contributed by atoms with E-state index in [9.17, 15) is 9.59 Å². The van der Waals surface area contributed by atoms with Crippen molar-refractivity contribution in [1.29, 1.82) is 0 Å². The molecule has 0 spiro atoms. The van der Waals surface area contributed by atoms with E-state index < -0.39 is 5.97 Å². The lowest BCUT2D eigenvalue weighted by Crippen LogP contribution is -2.45. The lowest BCUT2D eigenvalue weighted by Gasteiger charge is -2.26. The first-order valence-corrected chi connectivity index (χ1v) is 7.10. The minimum atomic E-state index is -0.899. The summed E-state index contributed by atoms with van der Waals surface area (Å²) in [4.78, 5) is 22.7. The standard InChI is InChI=1S/C14H26N2O4/c1-14(2,3)7-11(6-12(17)18)16-13(19)15-8-10-4-5-20-9-10/h10-11H,4-9H2,1-3H3,(H,17,18)(H2,15,16,19). The van der Waals surface area contributed by atoms with Gasteiger partial charge in [0, 0.05) is 25.1 Å². The molecule has 1 aliphatic heterocycles. The molecule has 6 heteroatoms. The molecule has 2 unspecified atom stereocenters. The van der Waals surface area contributed by atoms with Crippen molar-refractivity contribution in [2.75, 3.05) is 19.8 Å². The fourth-order valence-electron chi connectivity index (χ4n) is 2.34. The maximum absolute atomic E-state index is 11.8. The van der Waals surface area contributed by atoms with Gasteiger partial charge in [-0.3, -0.25) is 4.79 Å². The summed E-state index contributed by atoms with van der Waals surface area (Å²) in [5.41, 5.74) is -0.0350. The summed E-state index contributed by atoms with van der Waals surface area (Å²) in [5, 5.41) is 14.5.